The molecule has 0 spiro atoms. The number of piperidine rings is 1. The van der Waals surface area contributed by atoms with Crippen LogP contribution in [0.1, 0.15) is 31.9 Å². The number of hydrogen-bond acceptors (Lipinski definition) is 7. The van der Waals surface area contributed by atoms with Gasteiger partial charge in [-0.2, -0.15) is 5.21 Å². The van der Waals surface area contributed by atoms with E-state index in [1.165, 1.54) is 19.3 Å². The van der Waals surface area contributed by atoms with Gasteiger partial charge < -0.3 is 9.15 Å². The summed E-state index contributed by atoms with van der Waals surface area (Å²) in [6, 6.07) is 3.92. The van der Waals surface area contributed by atoms with Crippen LogP contribution >= 0.6 is 0 Å². The van der Waals surface area contributed by atoms with Gasteiger partial charge in [-0.3, -0.25) is 9.80 Å². The maximum Gasteiger partial charge on any atom is 0.239 e. The molecule has 0 atom stereocenters. The first kappa shape index (κ1) is 16.7. The highest BCUT2D eigenvalue weighted by Gasteiger charge is 2.38. The van der Waals surface area contributed by atoms with E-state index in [1.807, 2.05) is 12.1 Å². The summed E-state index contributed by atoms with van der Waals surface area (Å²) in [5.41, 5.74) is 0.346. The number of nitrogens with one attached hydrogen (secondary N) is 1. The Kier molecular flexibility index (Phi) is 4.82. The molecular formula is C17H26N6O2. The van der Waals surface area contributed by atoms with Crippen LogP contribution in [-0.4, -0.2) is 75.4 Å². The fourth-order valence-electron chi connectivity index (χ4n) is 4.13. The summed E-state index contributed by atoms with van der Waals surface area (Å²) in [5, 5.41) is 13.9. The molecule has 0 saturated carbocycles. The van der Waals surface area contributed by atoms with Crippen LogP contribution in [0.15, 0.2) is 16.5 Å². The lowest BCUT2D eigenvalue weighted by molar-refractivity contribution is -0.0507. The van der Waals surface area contributed by atoms with Crippen LogP contribution in [-0.2, 0) is 11.3 Å². The highest BCUT2D eigenvalue weighted by Crippen LogP contribution is 2.33. The Balaban J connectivity index is 1.35. The van der Waals surface area contributed by atoms with E-state index < -0.39 is 0 Å². The van der Waals surface area contributed by atoms with Gasteiger partial charge in [-0.05, 0) is 36.6 Å². The van der Waals surface area contributed by atoms with Crippen molar-refractivity contribution in [2.75, 3.05) is 39.4 Å². The lowest BCUT2D eigenvalue weighted by Gasteiger charge is -2.50. The van der Waals surface area contributed by atoms with Crippen molar-refractivity contribution in [1.29, 1.82) is 0 Å². The van der Waals surface area contributed by atoms with Crippen molar-refractivity contribution in [3.05, 3.63) is 17.9 Å². The third-order valence-corrected chi connectivity index (χ3v) is 5.73. The minimum Gasteiger partial charge on any atom is -0.456 e. The monoisotopic (exact) mass is 346 g/mol. The van der Waals surface area contributed by atoms with E-state index in [9.17, 15) is 0 Å². The van der Waals surface area contributed by atoms with Crippen LogP contribution in [0.3, 0.4) is 0 Å². The average Bonchev–Trinajstić information content (AvgIpc) is 3.35. The number of H-pyrrole nitrogens is 1. The van der Waals surface area contributed by atoms with E-state index in [0.717, 1.165) is 51.7 Å². The molecule has 0 unspecified atom stereocenters. The van der Waals surface area contributed by atoms with Gasteiger partial charge in [-0.25, -0.2) is 0 Å². The van der Waals surface area contributed by atoms with E-state index in [2.05, 4.69) is 37.3 Å². The fourth-order valence-corrected chi connectivity index (χ4v) is 4.13. The molecule has 4 rings (SSSR count). The maximum absolute atomic E-state index is 5.87. The number of aromatic amines is 1. The smallest absolute Gasteiger partial charge is 0.239 e. The van der Waals surface area contributed by atoms with Crippen molar-refractivity contribution in [3.63, 3.8) is 0 Å². The largest absolute Gasteiger partial charge is 0.456 e. The molecule has 0 aliphatic carbocycles. The molecule has 2 aliphatic heterocycles. The van der Waals surface area contributed by atoms with Crippen LogP contribution in [0.5, 0.6) is 0 Å². The topological polar surface area (TPSA) is 83.3 Å². The molecule has 0 bridgehead atoms. The number of rotatable bonds is 5. The van der Waals surface area contributed by atoms with Gasteiger partial charge in [-0.15, -0.1) is 10.2 Å². The Morgan fingerprint density at radius 1 is 1.16 bits per heavy atom. The van der Waals surface area contributed by atoms with Crippen LogP contribution in [0, 0.1) is 0 Å². The second-order valence-corrected chi connectivity index (χ2v) is 6.95. The van der Waals surface area contributed by atoms with Crippen LogP contribution in [0.2, 0.25) is 0 Å². The van der Waals surface area contributed by atoms with E-state index >= 15 is 0 Å². The summed E-state index contributed by atoms with van der Waals surface area (Å²) >= 11 is 0. The van der Waals surface area contributed by atoms with E-state index in [-0.39, 0.29) is 0 Å². The van der Waals surface area contributed by atoms with Crippen molar-refractivity contribution < 1.29 is 9.15 Å². The highest BCUT2D eigenvalue weighted by molar-refractivity contribution is 5.45. The lowest BCUT2D eigenvalue weighted by atomic mass is 9.83. The lowest BCUT2D eigenvalue weighted by Crippen LogP contribution is -2.57. The molecule has 0 radical (unpaired) electrons. The predicted molar refractivity (Wildman–Crippen MR) is 91.8 cm³/mol. The second-order valence-electron chi connectivity index (χ2n) is 6.95. The molecule has 4 heterocycles. The average molecular weight is 346 g/mol. The quantitative estimate of drug-likeness (QED) is 0.879. The summed E-state index contributed by atoms with van der Waals surface area (Å²) in [6.45, 7) is 9.25. The number of furan rings is 1. The zero-order chi connectivity index (χ0) is 17.1. The number of hydrogen-bond donors (Lipinski definition) is 1. The number of morpholine rings is 1. The Morgan fingerprint density at radius 2 is 1.96 bits per heavy atom. The summed E-state index contributed by atoms with van der Waals surface area (Å²) in [4.78, 5) is 5.14. The van der Waals surface area contributed by atoms with Gasteiger partial charge in [0.15, 0.2) is 5.76 Å². The van der Waals surface area contributed by atoms with Crippen LogP contribution in [0.4, 0.5) is 0 Å². The first-order chi connectivity index (χ1) is 12.3. The molecule has 2 saturated heterocycles. The number of ether oxygens (including phenoxy) is 1. The van der Waals surface area contributed by atoms with Crippen molar-refractivity contribution in [2.24, 2.45) is 0 Å². The highest BCUT2D eigenvalue weighted by atomic mass is 16.5. The summed E-state index contributed by atoms with van der Waals surface area (Å²) in [5.74, 6) is 2.12. The van der Waals surface area contributed by atoms with Crippen LogP contribution in [0.25, 0.3) is 11.6 Å². The van der Waals surface area contributed by atoms with E-state index in [1.54, 1.807) is 0 Å². The van der Waals surface area contributed by atoms with Gasteiger partial charge in [0, 0.05) is 31.7 Å². The minimum atomic E-state index is 0.346. The molecule has 8 nitrogen and oxygen atoms in total. The zero-order valence-electron chi connectivity index (χ0n) is 14.8. The maximum atomic E-state index is 5.87. The zero-order valence-corrected chi connectivity index (χ0v) is 14.8. The second kappa shape index (κ2) is 7.23. The standard InChI is InChI=1S/C17H26N6O2/c1-2-17(23-9-11-24-12-10-23)5-7-22(8-6-17)13-14-3-4-15(25-14)16-18-20-21-19-16/h3-4H,2,5-13H2,1H3,(H,18,19,20,21). The number of likely N-dealkylation sites (tertiary alicyclic amines) is 1. The van der Waals surface area contributed by atoms with E-state index in [4.69, 9.17) is 9.15 Å². The third kappa shape index (κ3) is 3.47. The normalized spacial score (nSPS) is 22.3. The Morgan fingerprint density at radius 3 is 2.64 bits per heavy atom. The third-order valence-electron chi connectivity index (χ3n) is 5.73. The summed E-state index contributed by atoms with van der Waals surface area (Å²) in [7, 11) is 0. The van der Waals surface area contributed by atoms with Gasteiger partial charge in [0.1, 0.15) is 5.76 Å². The molecule has 2 aliphatic rings. The molecule has 2 aromatic rings. The molecule has 136 valence electrons. The molecule has 1 N–H and O–H groups in total. The van der Waals surface area contributed by atoms with Crippen LogP contribution < -0.4 is 0 Å². The summed E-state index contributed by atoms with van der Waals surface area (Å²) < 4.78 is 11.4. The van der Waals surface area contributed by atoms with E-state index in [0.29, 0.717) is 17.1 Å². The van der Waals surface area contributed by atoms with Crippen molar-refractivity contribution >= 4 is 0 Å². The Labute approximate surface area is 147 Å². The molecule has 0 amide bonds. The van der Waals surface area contributed by atoms with Gasteiger partial charge in [0.2, 0.25) is 5.82 Å². The first-order valence-electron chi connectivity index (χ1n) is 9.17. The fraction of sp³-hybridized carbons (Fsp3) is 0.706. The number of aromatic nitrogens is 4. The molecule has 2 fully saturated rings. The molecule has 2 aromatic heterocycles. The molecular weight excluding hydrogens is 320 g/mol. The van der Waals surface area contributed by atoms with Crippen molar-refractivity contribution in [3.8, 4) is 11.6 Å². The van der Waals surface area contributed by atoms with Gasteiger partial charge >= 0.3 is 0 Å². The Bertz CT molecular complexity index is 656. The van der Waals surface area contributed by atoms with Crippen molar-refractivity contribution in [2.45, 2.75) is 38.3 Å². The first-order valence-corrected chi connectivity index (χ1v) is 9.17. The SMILES string of the molecule is CCC1(N2CCOCC2)CCN(Cc2ccc(-c3nn[nH]n3)o2)CC1. The molecule has 8 heteroatoms. The molecule has 0 aromatic carbocycles. The van der Waals surface area contributed by atoms with Gasteiger partial charge in [-0.1, -0.05) is 6.92 Å². The summed E-state index contributed by atoms with van der Waals surface area (Å²) in [6.07, 6.45) is 3.63. The van der Waals surface area contributed by atoms with Gasteiger partial charge in [0.25, 0.3) is 0 Å². The van der Waals surface area contributed by atoms with Crippen molar-refractivity contribution in [1.82, 2.24) is 30.4 Å². The molecule has 25 heavy (non-hydrogen) atoms. The minimum absolute atomic E-state index is 0.346. The number of nitrogens with zero attached hydrogens (tertiary/aromatic N) is 5. The number of tetrazole rings is 1. The predicted octanol–water partition coefficient (Wildman–Crippen LogP) is 1.54. The Hall–Kier alpha value is -1.77. The van der Waals surface area contributed by atoms with Gasteiger partial charge in [0.05, 0.1) is 19.8 Å².